The molecule has 0 saturated carbocycles. The second-order valence-electron chi connectivity index (χ2n) is 6.67. The van der Waals surface area contributed by atoms with Crippen molar-refractivity contribution in [3.63, 3.8) is 0 Å². The minimum atomic E-state index is -1.15. The summed E-state index contributed by atoms with van der Waals surface area (Å²) >= 11 is 0. The maximum Gasteiger partial charge on any atom is 0.310 e. The van der Waals surface area contributed by atoms with Gasteiger partial charge < -0.3 is 19.1 Å². The predicted molar refractivity (Wildman–Crippen MR) is 90.8 cm³/mol. The first-order valence-corrected chi connectivity index (χ1v) is 8.65. The number of Topliss-reactive ketones (excluding diaryl/α,β-unsaturated/α-hetero) is 1. The number of carbonyl (C=O) groups is 3. The molecule has 7 heteroatoms. The molecular weight excluding hydrogens is 338 g/mol. The minimum absolute atomic E-state index is 0.0714. The molecule has 2 fully saturated rings. The van der Waals surface area contributed by atoms with E-state index in [1.807, 2.05) is 30.3 Å². The number of esters is 1. The first kappa shape index (κ1) is 18.5. The van der Waals surface area contributed by atoms with E-state index in [9.17, 15) is 14.4 Å². The molecule has 0 unspecified atom stereocenters. The van der Waals surface area contributed by atoms with Gasteiger partial charge in [0.25, 0.3) is 0 Å². The van der Waals surface area contributed by atoms with Gasteiger partial charge in [0, 0.05) is 13.0 Å². The van der Waals surface area contributed by atoms with Crippen molar-refractivity contribution >= 4 is 17.7 Å². The third kappa shape index (κ3) is 3.64. The smallest absolute Gasteiger partial charge is 0.310 e. The summed E-state index contributed by atoms with van der Waals surface area (Å²) < 4.78 is 16.2. The van der Waals surface area contributed by atoms with E-state index in [1.165, 1.54) is 14.0 Å². The predicted octanol–water partition coefficient (Wildman–Crippen LogP) is 1.30. The van der Waals surface area contributed by atoms with Gasteiger partial charge in [-0.2, -0.15) is 0 Å². The van der Waals surface area contributed by atoms with Gasteiger partial charge >= 0.3 is 5.97 Å². The molecule has 1 aromatic rings. The Labute approximate surface area is 152 Å². The molecule has 2 aliphatic heterocycles. The molecule has 1 amide bonds. The van der Waals surface area contributed by atoms with Gasteiger partial charge in [-0.1, -0.05) is 30.3 Å². The van der Waals surface area contributed by atoms with Gasteiger partial charge in [-0.25, -0.2) is 0 Å². The number of ketones is 1. The number of amides is 1. The fourth-order valence-electron chi connectivity index (χ4n) is 3.65. The molecule has 2 atom stereocenters. The van der Waals surface area contributed by atoms with Crippen LogP contribution in [0.3, 0.4) is 0 Å². The van der Waals surface area contributed by atoms with Crippen molar-refractivity contribution in [2.45, 2.75) is 38.1 Å². The van der Waals surface area contributed by atoms with Gasteiger partial charge in [-0.15, -0.1) is 0 Å². The standard InChI is InChI=1S/C19H23NO6/c1-13(21)17-15(10-19(11-16(22)24-2)25-8-9-26-19)20(18(17)23)12-14-6-4-3-5-7-14/h3-7,15,17H,8-12H2,1-2H3/t15-,17-/m1/s1. The number of carbonyl (C=O) groups excluding carboxylic acids is 3. The van der Waals surface area contributed by atoms with Crippen molar-refractivity contribution in [1.29, 1.82) is 0 Å². The molecular formula is C19H23NO6. The zero-order valence-corrected chi connectivity index (χ0v) is 15.0. The van der Waals surface area contributed by atoms with Gasteiger partial charge in [0.15, 0.2) is 5.79 Å². The molecule has 0 spiro atoms. The second kappa shape index (κ2) is 7.55. The molecule has 7 nitrogen and oxygen atoms in total. The van der Waals surface area contributed by atoms with E-state index in [0.717, 1.165) is 5.56 Å². The quantitative estimate of drug-likeness (QED) is 0.414. The molecule has 1 aromatic carbocycles. The van der Waals surface area contributed by atoms with Gasteiger partial charge in [-0.3, -0.25) is 14.4 Å². The largest absolute Gasteiger partial charge is 0.469 e. The summed E-state index contributed by atoms with van der Waals surface area (Å²) in [4.78, 5) is 37.9. The highest BCUT2D eigenvalue weighted by Crippen LogP contribution is 2.39. The normalized spacial score (nSPS) is 24.2. The van der Waals surface area contributed by atoms with Crippen LogP contribution in [0.25, 0.3) is 0 Å². The molecule has 2 heterocycles. The van der Waals surface area contributed by atoms with Crippen molar-refractivity contribution in [2.24, 2.45) is 5.92 Å². The number of rotatable bonds is 7. The fourth-order valence-corrected chi connectivity index (χ4v) is 3.65. The molecule has 0 aromatic heterocycles. The van der Waals surface area contributed by atoms with E-state index in [0.29, 0.717) is 19.8 Å². The lowest BCUT2D eigenvalue weighted by molar-refractivity contribution is -0.201. The molecule has 0 radical (unpaired) electrons. The van der Waals surface area contributed by atoms with Crippen LogP contribution >= 0.6 is 0 Å². The van der Waals surface area contributed by atoms with Crippen LogP contribution in [0.4, 0.5) is 0 Å². The number of nitrogens with zero attached hydrogens (tertiary/aromatic N) is 1. The number of likely N-dealkylation sites (tertiary alicyclic amines) is 1. The Bertz CT molecular complexity index is 683. The SMILES string of the molecule is COC(=O)CC1(C[C@@H]2[C@@H](C(C)=O)C(=O)N2Cc2ccccc2)OCCO1. The summed E-state index contributed by atoms with van der Waals surface area (Å²) in [5.74, 6) is -2.71. The topological polar surface area (TPSA) is 82.1 Å². The molecule has 0 aliphatic carbocycles. The molecule has 0 bridgehead atoms. The van der Waals surface area contributed by atoms with Crippen LogP contribution in [-0.2, 0) is 35.1 Å². The van der Waals surface area contributed by atoms with E-state index >= 15 is 0 Å². The zero-order valence-electron chi connectivity index (χ0n) is 15.0. The van der Waals surface area contributed by atoms with Gasteiger partial charge in [0.05, 0.1) is 32.8 Å². The first-order valence-electron chi connectivity index (χ1n) is 8.65. The summed E-state index contributed by atoms with van der Waals surface area (Å²) in [6, 6.07) is 9.19. The second-order valence-corrected chi connectivity index (χ2v) is 6.67. The fraction of sp³-hybridized carbons (Fsp3) is 0.526. The van der Waals surface area contributed by atoms with Crippen molar-refractivity contribution in [2.75, 3.05) is 20.3 Å². The summed E-state index contributed by atoms with van der Waals surface area (Å²) in [7, 11) is 1.30. The van der Waals surface area contributed by atoms with Gasteiger partial charge in [-0.05, 0) is 12.5 Å². The molecule has 2 aliphatic rings. The van der Waals surface area contributed by atoms with E-state index in [2.05, 4.69) is 0 Å². The van der Waals surface area contributed by atoms with Crippen LogP contribution in [-0.4, -0.2) is 54.7 Å². The summed E-state index contributed by atoms with van der Waals surface area (Å²) in [5.41, 5.74) is 0.975. The monoisotopic (exact) mass is 361 g/mol. The third-order valence-electron chi connectivity index (χ3n) is 4.94. The Morgan fingerprint density at radius 3 is 2.46 bits per heavy atom. The lowest BCUT2D eigenvalue weighted by Crippen LogP contribution is -2.64. The number of hydrogen-bond acceptors (Lipinski definition) is 6. The van der Waals surface area contributed by atoms with Crippen molar-refractivity contribution < 1.29 is 28.6 Å². The Morgan fingerprint density at radius 1 is 1.23 bits per heavy atom. The highest BCUT2D eigenvalue weighted by Gasteiger charge is 2.54. The van der Waals surface area contributed by atoms with Crippen LogP contribution in [0.5, 0.6) is 0 Å². The maximum absolute atomic E-state index is 12.5. The summed E-state index contributed by atoms with van der Waals surface area (Å²) in [6.07, 6.45) is 0.183. The summed E-state index contributed by atoms with van der Waals surface area (Å²) in [6.45, 7) is 2.54. The number of β-lactam (4-membered cyclic amide) rings is 1. The van der Waals surface area contributed by atoms with Crippen LogP contribution in [0, 0.1) is 5.92 Å². The lowest BCUT2D eigenvalue weighted by atomic mass is 9.79. The first-order chi connectivity index (χ1) is 12.5. The van der Waals surface area contributed by atoms with E-state index < -0.39 is 17.7 Å². The Morgan fingerprint density at radius 2 is 1.88 bits per heavy atom. The molecule has 2 saturated heterocycles. The number of methoxy groups -OCH3 is 1. The Balaban J connectivity index is 1.79. The van der Waals surface area contributed by atoms with Gasteiger partial charge in [0.1, 0.15) is 11.7 Å². The third-order valence-corrected chi connectivity index (χ3v) is 4.94. The summed E-state index contributed by atoms with van der Waals surface area (Å²) in [5, 5.41) is 0. The average Bonchev–Trinajstić information content (AvgIpc) is 3.08. The number of hydrogen-bond donors (Lipinski definition) is 0. The maximum atomic E-state index is 12.5. The van der Waals surface area contributed by atoms with E-state index in [1.54, 1.807) is 4.90 Å². The zero-order chi connectivity index (χ0) is 18.7. The molecule has 140 valence electrons. The molecule has 26 heavy (non-hydrogen) atoms. The van der Waals surface area contributed by atoms with Crippen LogP contribution in [0.15, 0.2) is 30.3 Å². The minimum Gasteiger partial charge on any atom is -0.469 e. The van der Waals surface area contributed by atoms with Crippen molar-refractivity contribution in [1.82, 2.24) is 4.90 Å². The molecule has 3 rings (SSSR count). The Hall–Kier alpha value is -2.25. The van der Waals surface area contributed by atoms with Crippen LogP contribution < -0.4 is 0 Å². The highest BCUT2D eigenvalue weighted by atomic mass is 16.7. The van der Waals surface area contributed by atoms with Crippen LogP contribution in [0.2, 0.25) is 0 Å². The number of benzene rings is 1. The van der Waals surface area contributed by atoms with Crippen molar-refractivity contribution in [3.8, 4) is 0 Å². The lowest BCUT2D eigenvalue weighted by Gasteiger charge is -2.48. The highest BCUT2D eigenvalue weighted by molar-refractivity contribution is 6.05. The average molecular weight is 361 g/mol. The van der Waals surface area contributed by atoms with Crippen LogP contribution in [0.1, 0.15) is 25.3 Å². The van der Waals surface area contributed by atoms with E-state index in [-0.39, 0.29) is 30.6 Å². The van der Waals surface area contributed by atoms with E-state index in [4.69, 9.17) is 14.2 Å². The number of ether oxygens (including phenoxy) is 3. The Kier molecular flexibility index (Phi) is 5.38. The molecule has 0 N–H and O–H groups in total. The van der Waals surface area contributed by atoms with Gasteiger partial charge in [0.2, 0.25) is 5.91 Å². The van der Waals surface area contributed by atoms with Crippen molar-refractivity contribution in [3.05, 3.63) is 35.9 Å².